The Morgan fingerprint density at radius 3 is 2.91 bits per heavy atom. The van der Waals surface area contributed by atoms with E-state index in [1.54, 1.807) is 6.20 Å². The van der Waals surface area contributed by atoms with Crippen LogP contribution in [0.5, 0.6) is 5.88 Å². The van der Waals surface area contributed by atoms with Gasteiger partial charge in [0.2, 0.25) is 5.88 Å². The summed E-state index contributed by atoms with van der Waals surface area (Å²) >= 11 is 6.61. The molecule has 1 aliphatic carbocycles. The highest BCUT2D eigenvalue weighted by Gasteiger charge is 2.24. The van der Waals surface area contributed by atoms with Crippen LogP contribution in [0.1, 0.15) is 19.8 Å². The van der Waals surface area contributed by atoms with Crippen molar-refractivity contribution < 1.29 is 4.74 Å². The van der Waals surface area contributed by atoms with E-state index in [1.165, 1.54) is 12.8 Å². The van der Waals surface area contributed by atoms with Crippen LogP contribution in [-0.4, -0.2) is 26.6 Å². The Morgan fingerprint density at radius 1 is 1.26 bits per heavy atom. The number of rotatable bonds is 5. The summed E-state index contributed by atoms with van der Waals surface area (Å²) < 4.78 is 7.57. The molecule has 1 saturated carbocycles. The van der Waals surface area contributed by atoms with E-state index in [1.807, 2.05) is 35.9 Å². The molecule has 0 unspecified atom stereocenters. The number of fused-ring (bicyclic) bond motifs is 1. The van der Waals surface area contributed by atoms with Crippen LogP contribution in [0.4, 0.5) is 0 Å². The molecule has 6 heteroatoms. The molecule has 2 aromatic heterocycles. The molecule has 1 aromatic carbocycles. The van der Waals surface area contributed by atoms with Crippen LogP contribution < -0.4 is 4.74 Å². The number of hydrogen-bond donors (Lipinski definition) is 0. The Morgan fingerprint density at radius 2 is 2.13 bits per heavy atom. The van der Waals surface area contributed by atoms with Crippen LogP contribution in [0.25, 0.3) is 22.2 Å². The van der Waals surface area contributed by atoms with Crippen molar-refractivity contribution in [2.24, 2.45) is 5.92 Å². The average molecular weight is 329 g/mol. The average Bonchev–Trinajstić information content (AvgIpc) is 3.28. The molecule has 0 radical (unpaired) electrons. The quantitative estimate of drug-likeness (QED) is 0.711. The van der Waals surface area contributed by atoms with Crippen LogP contribution in [-0.2, 0) is 6.54 Å². The van der Waals surface area contributed by atoms with E-state index in [9.17, 15) is 0 Å². The number of halogens is 1. The smallest absolute Gasteiger partial charge is 0.221 e. The van der Waals surface area contributed by atoms with Crippen molar-refractivity contribution in [2.45, 2.75) is 26.3 Å². The van der Waals surface area contributed by atoms with Crippen LogP contribution in [0.15, 0.2) is 30.5 Å². The van der Waals surface area contributed by atoms with Gasteiger partial charge in [0.25, 0.3) is 0 Å². The molecule has 1 fully saturated rings. The zero-order chi connectivity index (χ0) is 15.8. The summed E-state index contributed by atoms with van der Waals surface area (Å²) in [5.74, 6) is 1.32. The minimum atomic E-state index is 0.557. The number of aromatic nitrogens is 4. The first-order valence-electron chi connectivity index (χ1n) is 7.87. The third kappa shape index (κ3) is 2.65. The summed E-state index contributed by atoms with van der Waals surface area (Å²) in [5, 5.41) is 9.14. The van der Waals surface area contributed by atoms with Gasteiger partial charge in [-0.25, -0.2) is 9.67 Å². The summed E-state index contributed by atoms with van der Waals surface area (Å²) in [4.78, 5) is 4.30. The van der Waals surface area contributed by atoms with Crippen molar-refractivity contribution in [1.82, 2.24) is 20.0 Å². The number of pyridine rings is 1. The van der Waals surface area contributed by atoms with Crippen LogP contribution in [0, 0.1) is 5.92 Å². The second kappa shape index (κ2) is 5.81. The molecule has 1 aliphatic rings. The summed E-state index contributed by atoms with van der Waals surface area (Å²) in [6.45, 7) is 3.41. The van der Waals surface area contributed by atoms with E-state index in [-0.39, 0.29) is 0 Å². The lowest BCUT2D eigenvalue weighted by molar-refractivity contribution is 0.328. The zero-order valence-electron chi connectivity index (χ0n) is 12.9. The van der Waals surface area contributed by atoms with Gasteiger partial charge in [0.1, 0.15) is 5.52 Å². The lowest BCUT2D eigenvalue weighted by Crippen LogP contribution is -2.01. The van der Waals surface area contributed by atoms with E-state index in [0.717, 1.165) is 34.6 Å². The lowest BCUT2D eigenvalue weighted by Gasteiger charge is -2.10. The number of hydrogen-bond acceptors (Lipinski definition) is 4. The van der Waals surface area contributed by atoms with Crippen LogP contribution in [0.2, 0.25) is 5.02 Å². The van der Waals surface area contributed by atoms with Crippen molar-refractivity contribution in [3.8, 4) is 17.0 Å². The molecule has 0 bridgehead atoms. The normalized spacial score (nSPS) is 14.3. The minimum Gasteiger partial charge on any atom is -0.478 e. The molecule has 0 N–H and O–H groups in total. The first-order valence-corrected chi connectivity index (χ1v) is 8.25. The fourth-order valence-corrected chi connectivity index (χ4v) is 3.04. The molecule has 2 heterocycles. The molecule has 0 aliphatic heterocycles. The molecule has 4 rings (SSSR count). The lowest BCUT2D eigenvalue weighted by atomic mass is 10.1. The monoisotopic (exact) mass is 328 g/mol. The van der Waals surface area contributed by atoms with E-state index in [4.69, 9.17) is 16.3 Å². The van der Waals surface area contributed by atoms with Gasteiger partial charge >= 0.3 is 0 Å². The summed E-state index contributed by atoms with van der Waals surface area (Å²) in [6, 6.07) is 7.86. The van der Waals surface area contributed by atoms with Gasteiger partial charge < -0.3 is 4.74 Å². The molecule has 0 saturated heterocycles. The molecule has 3 aromatic rings. The standard InChI is InChI=1S/C17H17ClN4O/c1-2-23-17-13(4-3-9-19-17)12-7-8-14-16(15(12)18)20-21-22(14)10-11-5-6-11/h3-4,7-9,11H,2,5-6,10H2,1H3. The molecular formula is C17H17ClN4O. The van der Waals surface area contributed by atoms with E-state index in [0.29, 0.717) is 17.5 Å². The Kier molecular flexibility index (Phi) is 3.65. The maximum Gasteiger partial charge on any atom is 0.221 e. The third-order valence-electron chi connectivity index (χ3n) is 4.10. The first kappa shape index (κ1) is 14.5. The Hall–Kier alpha value is -2.14. The first-order chi connectivity index (χ1) is 11.3. The number of benzene rings is 1. The van der Waals surface area contributed by atoms with Crippen molar-refractivity contribution in [2.75, 3.05) is 6.61 Å². The summed E-state index contributed by atoms with van der Waals surface area (Å²) in [7, 11) is 0. The predicted molar refractivity (Wildman–Crippen MR) is 89.7 cm³/mol. The van der Waals surface area contributed by atoms with Gasteiger partial charge in [-0.15, -0.1) is 5.10 Å². The van der Waals surface area contributed by atoms with Gasteiger partial charge in [-0.3, -0.25) is 0 Å². The topological polar surface area (TPSA) is 52.8 Å². The SMILES string of the molecule is CCOc1ncccc1-c1ccc2c(nnn2CC2CC2)c1Cl. The van der Waals surface area contributed by atoms with E-state index >= 15 is 0 Å². The molecule has 118 valence electrons. The Labute approximate surface area is 139 Å². The highest BCUT2D eigenvalue weighted by atomic mass is 35.5. The molecule has 23 heavy (non-hydrogen) atoms. The Balaban J connectivity index is 1.81. The Bertz CT molecular complexity index is 857. The predicted octanol–water partition coefficient (Wildman–Crippen LogP) is 3.96. The highest BCUT2D eigenvalue weighted by molar-refractivity contribution is 6.37. The molecule has 0 spiro atoms. The van der Waals surface area contributed by atoms with Gasteiger partial charge in [-0.1, -0.05) is 22.9 Å². The van der Waals surface area contributed by atoms with Crippen molar-refractivity contribution >= 4 is 22.6 Å². The van der Waals surface area contributed by atoms with Gasteiger partial charge in [0.15, 0.2) is 0 Å². The minimum absolute atomic E-state index is 0.557. The second-order valence-corrected chi connectivity index (χ2v) is 6.18. The number of ether oxygens (including phenoxy) is 1. The molecule has 5 nitrogen and oxygen atoms in total. The molecule has 0 amide bonds. The van der Waals surface area contributed by atoms with Gasteiger partial charge in [-0.2, -0.15) is 0 Å². The van der Waals surface area contributed by atoms with Gasteiger partial charge in [0, 0.05) is 23.9 Å². The molecular weight excluding hydrogens is 312 g/mol. The van der Waals surface area contributed by atoms with Crippen LogP contribution in [0.3, 0.4) is 0 Å². The van der Waals surface area contributed by atoms with Crippen molar-refractivity contribution in [1.29, 1.82) is 0 Å². The summed E-state index contributed by atoms with van der Waals surface area (Å²) in [6.07, 6.45) is 4.27. The van der Waals surface area contributed by atoms with E-state index in [2.05, 4.69) is 15.3 Å². The fraction of sp³-hybridized carbons (Fsp3) is 0.353. The summed E-state index contributed by atoms with van der Waals surface area (Å²) in [5.41, 5.74) is 3.45. The van der Waals surface area contributed by atoms with Gasteiger partial charge in [0.05, 0.1) is 17.1 Å². The van der Waals surface area contributed by atoms with Crippen molar-refractivity contribution in [3.63, 3.8) is 0 Å². The third-order valence-corrected chi connectivity index (χ3v) is 4.48. The molecule has 0 atom stereocenters. The largest absolute Gasteiger partial charge is 0.478 e. The van der Waals surface area contributed by atoms with Crippen molar-refractivity contribution in [3.05, 3.63) is 35.5 Å². The second-order valence-electron chi connectivity index (χ2n) is 5.80. The van der Waals surface area contributed by atoms with Crippen LogP contribution >= 0.6 is 11.6 Å². The van der Waals surface area contributed by atoms with E-state index < -0.39 is 0 Å². The zero-order valence-corrected chi connectivity index (χ0v) is 13.6. The fourth-order valence-electron chi connectivity index (χ4n) is 2.74. The number of nitrogens with zero attached hydrogens (tertiary/aromatic N) is 4. The highest BCUT2D eigenvalue weighted by Crippen LogP contribution is 2.38. The maximum absolute atomic E-state index is 6.61. The maximum atomic E-state index is 6.61. The van der Waals surface area contributed by atoms with Gasteiger partial charge in [-0.05, 0) is 43.9 Å².